The average Bonchev–Trinajstić information content (AvgIpc) is 2.37. The molecule has 0 amide bonds. The van der Waals surface area contributed by atoms with E-state index in [2.05, 4.69) is 6.08 Å². The average molecular weight is 198 g/mol. The monoisotopic (exact) mass is 197 g/mol. The summed E-state index contributed by atoms with van der Waals surface area (Å²) in [7, 11) is 0. The van der Waals surface area contributed by atoms with Gasteiger partial charge in [0.15, 0.2) is 0 Å². The predicted molar refractivity (Wildman–Crippen MR) is 55.6 cm³/mol. The van der Waals surface area contributed by atoms with Gasteiger partial charge in [-0.05, 0) is 12.2 Å². The van der Waals surface area contributed by atoms with Crippen molar-refractivity contribution in [3.8, 4) is 0 Å². The molecule has 1 aliphatic carbocycles. The second-order valence-corrected chi connectivity index (χ2v) is 2.79. The Labute approximate surface area is 83.9 Å². The maximum atomic E-state index is 5.54. The van der Waals surface area contributed by atoms with Crippen molar-refractivity contribution in [2.45, 2.75) is 6.10 Å². The van der Waals surface area contributed by atoms with Gasteiger partial charge >= 0.3 is 0 Å². The van der Waals surface area contributed by atoms with E-state index in [0.717, 1.165) is 11.3 Å². The van der Waals surface area contributed by atoms with Crippen molar-refractivity contribution in [1.29, 1.82) is 0 Å². The molecule has 3 heteroatoms. The van der Waals surface area contributed by atoms with Crippen molar-refractivity contribution < 1.29 is 4.74 Å². The van der Waals surface area contributed by atoms with Crippen LogP contribution in [0.5, 0.6) is 0 Å². The lowest BCUT2D eigenvalue weighted by Crippen LogP contribution is -2.17. The Balaban J connectivity index is 0.000000845. The Kier molecular flexibility index (Phi) is 3.34. The summed E-state index contributed by atoms with van der Waals surface area (Å²) in [5.41, 5.74) is 6.62. The molecule has 0 bridgehead atoms. The fourth-order valence-electron chi connectivity index (χ4n) is 1.30. The van der Waals surface area contributed by atoms with E-state index in [9.17, 15) is 0 Å². The van der Waals surface area contributed by atoms with E-state index in [0.29, 0.717) is 6.54 Å². The van der Waals surface area contributed by atoms with E-state index in [4.69, 9.17) is 10.5 Å². The molecule has 2 N–H and O–H groups in total. The van der Waals surface area contributed by atoms with E-state index in [-0.39, 0.29) is 18.5 Å². The van der Waals surface area contributed by atoms with Gasteiger partial charge in [0.1, 0.15) is 11.9 Å². The van der Waals surface area contributed by atoms with Gasteiger partial charge < -0.3 is 10.5 Å². The second kappa shape index (κ2) is 4.30. The molecule has 70 valence electrons. The summed E-state index contributed by atoms with van der Waals surface area (Å²) >= 11 is 0. The Bertz CT molecular complexity index is 302. The molecule has 2 aliphatic rings. The highest BCUT2D eigenvalue weighted by Crippen LogP contribution is 2.25. The van der Waals surface area contributed by atoms with Crippen molar-refractivity contribution in [2.75, 3.05) is 6.54 Å². The summed E-state index contributed by atoms with van der Waals surface area (Å²) in [6.45, 7) is 0.540. The van der Waals surface area contributed by atoms with Crippen LogP contribution in [0.4, 0.5) is 0 Å². The normalized spacial score (nSPS) is 23.6. The number of nitrogens with two attached hydrogens (primary N) is 1. The smallest absolute Gasteiger partial charge is 0.130 e. The van der Waals surface area contributed by atoms with Gasteiger partial charge in [-0.15, -0.1) is 12.4 Å². The minimum absolute atomic E-state index is 0. The summed E-state index contributed by atoms with van der Waals surface area (Å²) in [6, 6.07) is 0. The zero-order valence-electron chi connectivity index (χ0n) is 7.14. The van der Waals surface area contributed by atoms with Gasteiger partial charge in [-0.3, -0.25) is 0 Å². The lowest BCUT2D eigenvalue weighted by Gasteiger charge is -2.06. The van der Waals surface area contributed by atoms with Crippen LogP contribution in [0.2, 0.25) is 0 Å². The van der Waals surface area contributed by atoms with E-state index in [1.54, 1.807) is 0 Å². The number of hydrogen-bond donors (Lipinski definition) is 1. The van der Waals surface area contributed by atoms with Gasteiger partial charge in [0, 0.05) is 12.1 Å². The first kappa shape index (κ1) is 10.1. The molecule has 0 saturated carbocycles. The topological polar surface area (TPSA) is 35.2 Å². The molecule has 1 heterocycles. The Hall–Kier alpha value is -0.990. The summed E-state index contributed by atoms with van der Waals surface area (Å²) < 4.78 is 5.54. The number of halogens is 1. The van der Waals surface area contributed by atoms with Crippen molar-refractivity contribution in [1.82, 2.24) is 0 Å². The second-order valence-electron chi connectivity index (χ2n) is 2.79. The van der Waals surface area contributed by atoms with Crippen LogP contribution in [0, 0.1) is 0 Å². The molecule has 13 heavy (non-hydrogen) atoms. The first-order valence-corrected chi connectivity index (χ1v) is 4.04. The third-order valence-electron chi connectivity index (χ3n) is 1.91. The third kappa shape index (κ3) is 2.02. The first-order chi connectivity index (χ1) is 5.90. The van der Waals surface area contributed by atoms with Gasteiger partial charge in [-0.1, -0.05) is 24.3 Å². The SMILES string of the molecule is Cl.NCC1C=C2C=CC=CC=C2O1. The van der Waals surface area contributed by atoms with Crippen LogP contribution < -0.4 is 5.73 Å². The fourth-order valence-corrected chi connectivity index (χ4v) is 1.30. The van der Waals surface area contributed by atoms with Crippen LogP contribution >= 0.6 is 12.4 Å². The molecule has 0 fully saturated rings. The van der Waals surface area contributed by atoms with Gasteiger partial charge in [-0.2, -0.15) is 0 Å². The molecule has 2 nitrogen and oxygen atoms in total. The van der Waals surface area contributed by atoms with E-state index >= 15 is 0 Å². The Morgan fingerprint density at radius 3 is 2.92 bits per heavy atom. The van der Waals surface area contributed by atoms with Crippen LogP contribution in [0.15, 0.2) is 47.8 Å². The van der Waals surface area contributed by atoms with Crippen molar-refractivity contribution >= 4 is 12.4 Å². The highest BCUT2D eigenvalue weighted by atomic mass is 35.5. The number of rotatable bonds is 1. The molecule has 0 radical (unpaired) electrons. The van der Waals surface area contributed by atoms with Crippen molar-refractivity contribution in [2.24, 2.45) is 5.73 Å². The molecule has 2 rings (SSSR count). The summed E-state index contributed by atoms with van der Waals surface area (Å²) in [6.07, 6.45) is 12.0. The molecule has 1 aliphatic heterocycles. The highest BCUT2D eigenvalue weighted by molar-refractivity contribution is 5.85. The van der Waals surface area contributed by atoms with Crippen molar-refractivity contribution in [3.05, 3.63) is 47.8 Å². The van der Waals surface area contributed by atoms with Gasteiger partial charge in [-0.25, -0.2) is 0 Å². The van der Waals surface area contributed by atoms with Gasteiger partial charge in [0.05, 0.1) is 0 Å². The number of fused-ring (bicyclic) bond motifs is 1. The predicted octanol–water partition coefficient (Wildman–Crippen LogP) is 1.70. The maximum absolute atomic E-state index is 5.54. The van der Waals surface area contributed by atoms with Gasteiger partial charge in [0.2, 0.25) is 0 Å². The zero-order chi connectivity index (χ0) is 8.39. The standard InChI is InChI=1S/C10H11NO.ClH/c11-7-9-6-8-4-2-1-3-5-10(8)12-9;/h1-6,9H,7,11H2;1H. The molecule has 0 aromatic carbocycles. The minimum Gasteiger partial charge on any atom is -0.484 e. The first-order valence-electron chi connectivity index (χ1n) is 4.04. The van der Waals surface area contributed by atoms with E-state index < -0.39 is 0 Å². The molecule has 1 atom stereocenters. The quantitative estimate of drug-likeness (QED) is 0.695. The Morgan fingerprint density at radius 1 is 1.31 bits per heavy atom. The van der Waals surface area contributed by atoms with Crippen LogP contribution in [0.3, 0.4) is 0 Å². The molecular formula is C10H12ClNO. The van der Waals surface area contributed by atoms with Crippen LogP contribution in [0.25, 0.3) is 0 Å². The molecule has 0 aromatic rings. The molecule has 0 aromatic heterocycles. The van der Waals surface area contributed by atoms with Crippen LogP contribution in [-0.4, -0.2) is 12.6 Å². The highest BCUT2D eigenvalue weighted by Gasteiger charge is 2.18. The summed E-state index contributed by atoms with van der Waals surface area (Å²) in [5.74, 6) is 0.926. The molecule has 0 saturated heterocycles. The third-order valence-corrected chi connectivity index (χ3v) is 1.91. The number of ether oxygens (including phenoxy) is 1. The van der Waals surface area contributed by atoms with Crippen LogP contribution in [-0.2, 0) is 4.74 Å². The van der Waals surface area contributed by atoms with Gasteiger partial charge in [0.25, 0.3) is 0 Å². The van der Waals surface area contributed by atoms with Crippen molar-refractivity contribution in [3.63, 3.8) is 0 Å². The lowest BCUT2D eigenvalue weighted by atomic mass is 10.2. The van der Waals surface area contributed by atoms with E-state index in [1.807, 2.05) is 30.4 Å². The minimum atomic E-state index is 0. The molecule has 0 spiro atoms. The Morgan fingerprint density at radius 2 is 2.15 bits per heavy atom. The zero-order valence-corrected chi connectivity index (χ0v) is 7.96. The lowest BCUT2D eigenvalue weighted by molar-refractivity contribution is 0.187. The fraction of sp³-hybridized carbons (Fsp3) is 0.200. The number of allylic oxidation sites excluding steroid dienone is 5. The maximum Gasteiger partial charge on any atom is 0.130 e. The van der Waals surface area contributed by atoms with Crippen LogP contribution in [0.1, 0.15) is 0 Å². The molecular weight excluding hydrogens is 186 g/mol. The molecule has 1 unspecified atom stereocenters. The number of hydrogen-bond acceptors (Lipinski definition) is 2. The van der Waals surface area contributed by atoms with E-state index in [1.165, 1.54) is 0 Å². The summed E-state index contributed by atoms with van der Waals surface area (Å²) in [5, 5.41) is 0. The summed E-state index contributed by atoms with van der Waals surface area (Å²) in [4.78, 5) is 0. The largest absolute Gasteiger partial charge is 0.484 e.